The van der Waals surface area contributed by atoms with Gasteiger partial charge in [0.15, 0.2) is 0 Å². The first kappa shape index (κ1) is 21.0. The minimum absolute atomic E-state index is 0.129. The average Bonchev–Trinajstić information content (AvgIpc) is 3.11. The number of carbonyl (C=O) groups excluding carboxylic acids is 2. The second-order valence-corrected chi connectivity index (χ2v) is 8.48. The second kappa shape index (κ2) is 8.55. The van der Waals surface area contributed by atoms with Crippen molar-refractivity contribution in [3.8, 4) is 0 Å². The molecule has 5 rings (SSSR count). The highest BCUT2D eigenvalue weighted by Gasteiger charge is 2.46. The number of amides is 1. The number of rotatable bonds is 5. The molecule has 0 radical (unpaired) electrons. The number of Topliss-reactive ketones (excluding diaryl/α,β-unsaturated/α-hetero) is 1. The van der Waals surface area contributed by atoms with E-state index in [0.29, 0.717) is 12.1 Å². The highest BCUT2D eigenvalue weighted by molar-refractivity contribution is 6.46. The van der Waals surface area contributed by atoms with Gasteiger partial charge in [0.1, 0.15) is 5.76 Å². The van der Waals surface area contributed by atoms with Crippen molar-refractivity contribution in [2.75, 3.05) is 6.54 Å². The van der Waals surface area contributed by atoms with Gasteiger partial charge in [-0.05, 0) is 39.6 Å². The van der Waals surface area contributed by atoms with E-state index in [4.69, 9.17) is 0 Å². The highest BCUT2D eigenvalue weighted by atomic mass is 16.3. The van der Waals surface area contributed by atoms with E-state index in [1.54, 1.807) is 11.0 Å². The van der Waals surface area contributed by atoms with Gasteiger partial charge in [-0.2, -0.15) is 0 Å². The lowest BCUT2D eigenvalue weighted by atomic mass is 9.91. The normalized spacial score (nSPS) is 17.8. The van der Waals surface area contributed by atoms with Gasteiger partial charge in [0.2, 0.25) is 0 Å². The lowest BCUT2D eigenvalue weighted by Crippen LogP contribution is -2.30. The molecule has 33 heavy (non-hydrogen) atoms. The lowest BCUT2D eigenvalue weighted by molar-refractivity contribution is -0.139. The molecule has 1 aliphatic rings. The summed E-state index contributed by atoms with van der Waals surface area (Å²) < 4.78 is 0. The summed E-state index contributed by atoms with van der Waals surface area (Å²) in [4.78, 5) is 28.0. The number of hydrogen-bond acceptors (Lipinski definition) is 3. The van der Waals surface area contributed by atoms with Crippen LogP contribution in [0.2, 0.25) is 0 Å². The first-order valence-corrected chi connectivity index (χ1v) is 11.4. The molecule has 1 unspecified atom stereocenters. The van der Waals surface area contributed by atoms with Gasteiger partial charge >= 0.3 is 0 Å². The fourth-order valence-corrected chi connectivity index (χ4v) is 4.74. The molecule has 4 aromatic rings. The van der Waals surface area contributed by atoms with Crippen molar-refractivity contribution in [1.82, 2.24) is 4.90 Å². The van der Waals surface area contributed by atoms with E-state index < -0.39 is 17.7 Å². The van der Waals surface area contributed by atoms with Gasteiger partial charge < -0.3 is 10.0 Å². The van der Waals surface area contributed by atoms with Crippen LogP contribution in [0.1, 0.15) is 36.9 Å². The van der Waals surface area contributed by atoms with E-state index >= 15 is 0 Å². The number of likely N-dealkylation sites (tertiary alicyclic amines) is 1. The summed E-state index contributed by atoms with van der Waals surface area (Å²) in [6.45, 7) is 2.52. The molecular weight excluding hydrogens is 410 g/mol. The minimum Gasteiger partial charge on any atom is -0.507 e. The van der Waals surface area contributed by atoms with Crippen molar-refractivity contribution >= 4 is 39.0 Å². The molecule has 1 N–H and O–H groups in total. The maximum atomic E-state index is 13.3. The van der Waals surface area contributed by atoms with Crippen LogP contribution in [0.5, 0.6) is 0 Å². The Balaban J connectivity index is 1.73. The van der Waals surface area contributed by atoms with Gasteiger partial charge in [-0.25, -0.2) is 0 Å². The van der Waals surface area contributed by atoms with Crippen LogP contribution in [0.15, 0.2) is 90.5 Å². The van der Waals surface area contributed by atoms with Crippen LogP contribution in [0.3, 0.4) is 0 Å². The van der Waals surface area contributed by atoms with Crippen LogP contribution in [0, 0.1) is 0 Å². The van der Waals surface area contributed by atoms with Crippen molar-refractivity contribution in [2.45, 2.75) is 25.8 Å². The summed E-state index contributed by atoms with van der Waals surface area (Å²) >= 11 is 0. The van der Waals surface area contributed by atoms with Crippen molar-refractivity contribution in [2.24, 2.45) is 0 Å². The van der Waals surface area contributed by atoms with Gasteiger partial charge in [0, 0.05) is 12.1 Å². The highest BCUT2D eigenvalue weighted by Crippen LogP contribution is 2.42. The summed E-state index contributed by atoms with van der Waals surface area (Å²) in [6.07, 6.45) is 1.68. The lowest BCUT2D eigenvalue weighted by Gasteiger charge is -2.26. The number of aliphatic hydroxyl groups is 1. The fraction of sp³-hybridized carbons (Fsp3) is 0.172. The molecule has 0 bridgehead atoms. The minimum atomic E-state index is -0.630. The molecule has 0 saturated carbocycles. The monoisotopic (exact) mass is 435 g/mol. The molecule has 0 aromatic heterocycles. The summed E-state index contributed by atoms with van der Waals surface area (Å²) in [5, 5.41) is 15.4. The SMILES string of the molecule is CCCCN1C(=O)C(=O)/C(=C(\O)c2ccc3ccccc3c2)C1c1cccc2ccccc12. The largest absolute Gasteiger partial charge is 0.507 e. The van der Waals surface area contributed by atoms with Gasteiger partial charge in [0.05, 0.1) is 11.6 Å². The first-order chi connectivity index (χ1) is 16.1. The third kappa shape index (κ3) is 3.58. The van der Waals surface area contributed by atoms with Gasteiger partial charge in [0.25, 0.3) is 11.7 Å². The molecule has 4 nitrogen and oxygen atoms in total. The quantitative estimate of drug-likeness (QED) is 0.230. The van der Waals surface area contributed by atoms with Gasteiger partial charge in [-0.15, -0.1) is 0 Å². The smallest absolute Gasteiger partial charge is 0.295 e. The van der Waals surface area contributed by atoms with Crippen molar-refractivity contribution in [1.29, 1.82) is 0 Å². The Morgan fingerprint density at radius 2 is 1.55 bits per heavy atom. The van der Waals surface area contributed by atoms with Crippen LogP contribution < -0.4 is 0 Å². The Kier molecular flexibility index (Phi) is 5.43. The number of benzene rings is 4. The Morgan fingerprint density at radius 1 is 0.848 bits per heavy atom. The van der Waals surface area contributed by atoms with Crippen LogP contribution in [-0.2, 0) is 9.59 Å². The van der Waals surface area contributed by atoms with Crippen LogP contribution in [0.4, 0.5) is 0 Å². The second-order valence-electron chi connectivity index (χ2n) is 8.48. The van der Waals surface area contributed by atoms with Crippen LogP contribution in [-0.4, -0.2) is 28.2 Å². The number of nitrogens with zero attached hydrogens (tertiary/aromatic N) is 1. The maximum absolute atomic E-state index is 13.3. The molecule has 1 atom stereocenters. The third-order valence-electron chi connectivity index (χ3n) is 6.43. The zero-order valence-corrected chi connectivity index (χ0v) is 18.5. The van der Waals surface area contributed by atoms with Gasteiger partial charge in [-0.3, -0.25) is 9.59 Å². The molecule has 1 aliphatic heterocycles. The van der Waals surface area contributed by atoms with E-state index in [-0.39, 0.29) is 11.3 Å². The molecule has 1 fully saturated rings. The van der Waals surface area contributed by atoms with Crippen molar-refractivity contribution in [3.63, 3.8) is 0 Å². The summed E-state index contributed by atoms with van der Waals surface area (Å²) in [6, 6.07) is 26.7. The molecule has 0 aliphatic carbocycles. The average molecular weight is 436 g/mol. The summed E-state index contributed by atoms with van der Waals surface area (Å²) in [5.74, 6) is -1.31. The molecule has 4 heteroatoms. The summed E-state index contributed by atoms with van der Waals surface area (Å²) in [5.41, 5.74) is 1.54. The molecule has 164 valence electrons. The third-order valence-corrected chi connectivity index (χ3v) is 6.43. The number of ketones is 1. The molecule has 1 amide bonds. The zero-order valence-electron chi connectivity index (χ0n) is 18.5. The Hall–Kier alpha value is -3.92. The topological polar surface area (TPSA) is 57.6 Å². The number of aliphatic hydroxyl groups excluding tert-OH is 1. The predicted molar refractivity (Wildman–Crippen MR) is 132 cm³/mol. The molecular formula is C29H25NO3. The van der Waals surface area contributed by atoms with Crippen LogP contribution in [0.25, 0.3) is 27.3 Å². The van der Waals surface area contributed by atoms with E-state index in [2.05, 4.69) is 6.92 Å². The van der Waals surface area contributed by atoms with Crippen LogP contribution >= 0.6 is 0 Å². The molecule has 1 saturated heterocycles. The Morgan fingerprint density at radius 3 is 2.33 bits per heavy atom. The van der Waals surface area contributed by atoms with E-state index in [1.165, 1.54) is 0 Å². The molecule has 0 spiro atoms. The van der Waals surface area contributed by atoms with Crippen molar-refractivity contribution in [3.05, 3.63) is 102 Å². The Labute approximate surface area is 192 Å². The van der Waals surface area contributed by atoms with E-state index in [0.717, 1.165) is 39.9 Å². The van der Waals surface area contributed by atoms with E-state index in [9.17, 15) is 14.7 Å². The van der Waals surface area contributed by atoms with E-state index in [1.807, 2.05) is 78.9 Å². The Bertz CT molecular complexity index is 1410. The van der Waals surface area contributed by atoms with Crippen molar-refractivity contribution < 1.29 is 14.7 Å². The maximum Gasteiger partial charge on any atom is 0.295 e. The fourth-order valence-electron chi connectivity index (χ4n) is 4.74. The standard InChI is InChI=1S/C29H25NO3/c1-2-3-17-30-26(24-14-8-12-20-10-6-7-13-23(20)24)25(28(32)29(30)33)27(31)22-16-15-19-9-4-5-11-21(19)18-22/h4-16,18,26,31H,2-3,17H2,1H3/b27-25-. The number of unbranched alkanes of at least 4 members (excludes halogenated alkanes) is 1. The molecule has 1 heterocycles. The number of hydrogen-bond donors (Lipinski definition) is 1. The molecule has 4 aromatic carbocycles. The first-order valence-electron chi connectivity index (χ1n) is 11.4. The summed E-state index contributed by atoms with van der Waals surface area (Å²) in [7, 11) is 0. The van der Waals surface area contributed by atoms with Gasteiger partial charge in [-0.1, -0.05) is 92.2 Å². The predicted octanol–water partition coefficient (Wildman–Crippen LogP) is 6.21. The number of fused-ring (bicyclic) bond motifs is 2. The number of carbonyl (C=O) groups is 2. The zero-order chi connectivity index (χ0) is 22.9.